The maximum Gasteiger partial charge on any atom is 0.295 e. The van der Waals surface area contributed by atoms with Crippen molar-refractivity contribution in [2.75, 3.05) is 33.8 Å². The van der Waals surface area contributed by atoms with Crippen LogP contribution in [0.2, 0.25) is 0 Å². The molecule has 7 nitrogen and oxygen atoms in total. The summed E-state index contributed by atoms with van der Waals surface area (Å²) in [4.78, 5) is 29.8. The molecule has 0 saturated carbocycles. The minimum atomic E-state index is -0.784. The summed E-state index contributed by atoms with van der Waals surface area (Å²) >= 11 is 0. The van der Waals surface area contributed by atoms with E-state index in [0.717, 1.165) is 24.1 Å². The lowest BCUT2D eigenvalue weighted by Gasteiger charge is -2.26. The largest absolute Gasteiger partial charge is 0.507 e. The van der Waals surface area contributed by atoms with Crippen LogP contribution in [0, 0.1) is 13.8 Å². The van der Waals surface area contributed by atoms with Gasteiger partial charge >= 0.3 is 0 Å². The zero-order valence-corrected chi connectivity index (χ0v) is 20.6. The Kier molecular flexibility index (Phi) is 7.99. The number of Topliss-reactive ketones (excluding diaryl/α,β-unsaturated/α-hetero) is 1. The van der Waals surface area contributed by atoms with Crippen LogP contribution in [0.15, 0.2) is 42.0 Å². The van der Waals surface area contributed by atoms with Gasteiger partial charge in [0.25, 0.3) is 11.7 Å². The molecule has 1 atom stereocenters. The second-order valence-electron chi connectivity index (χ2n) is 9.02. The number of ketones is 1. The normalized spacial score (nSPS) is 17.6. The first-order chi connectivity index (χ1) is 16.1. The minimum absolute atomic E-state index is 0.0268. The molecule has 1 heterocycles. The molecule has 34 heavy (non-hydrogen) atoms. The van der Waals surface area contributed by atoms with Crippen molar-refractivity contribution in [2.45, 2.75) is 39.7 Å². The van der Waals surface area contributed by atoms with E-state index in [-0.39, 0.29) is 22.6 Å². The van der Waals surface area contributed by atoms with E-state index in [2.05, 4.69) is 0 Å². The Morgan fingerprint density at radius 2 is 1.82 bits per heavy atom. The Bertz CT molecular complexity index is 1110. The Morgan fingerprint density at radius 3 is 2.50 bits per heavy atom. The van der Waals surface area contributed by atoms with Crippen LogP contribution in [0.3, 0.4) is 0 Å². The SMILES string of the molecule is CCCOc1cccc([C@H]2C(=C(O)c3cc(C)c(C)cc3O)C(=O)C(=O)N2CCCN(C)C)c1. The van der Waals surface area contributed by atoms with Gasteiger partial charge in [-0.2, -0.15) is 0 Å². The number of aliphatic hydroxyl groups excluding tert-OH is 1. The van der Waals surface area contributed by atoms with Crippen LogP contribution in [0.1, 0.15) is 48.1 Å². The van der Waals surface area contributed by atoms with E-state index in [1.165, 1.54) is 4.90 Å². The number of ether oxygens (including phenoxy) is 1. The highest BCUT2D eigenvalue weighted by molar-refractivity contribution is 6.46. The summed E-state index contributed by atoms with van der Waals surface area (Å²) in [5.74, 6) is -1.30. The Labute approximate surface area is 201 Å². The number of aliphatic hydroxyl groups is 1. The van der Waals surface area contributed by atoms with Crippen LogP contribution in [-0.4, -0.2) is 65.5 Å². The Balaban J connectivity index is 2.14. The van der Waals surface area contributed by atoms with Crippen molar-refractivity contribution in [2.24, 2.45) is 0 Å². The maximum absolute atomic E-state index is 13.2. The van der Waals surface area contributed by atoms with Gasteiger partial charge in [0.1, 0.15) is 17.3 Å². The molecule has 2 aromatic carbocycles. The third-order valence-corrected chi connectivity index (χ3v) is 6.06. The van der Waals surface area contributed by atoms with E-state index < -0.39 is 17.7 Å². The second kappa shape index (κ2) is 10.7. The number of rotatable bonds is 9. The number of carbonyl (C=O) groups is 2. The van der Waals surface area contributed by atoms with Crippen molar-refractivity contribution in [3.8, 4) is 11.5 Å². The zero-order valence-electron chi connectivity index (χ0n) is 20.6. The van der Waals surface area contributed by atoms with Gasteiger partial charge in [-0.05, 0) is 88.3 Å². The first-order valence-electron chi connectivity index (χ1n) is 11.6. The van der Waals surface area contributed by atoms with Crippen LogP contribution in [0.25, 0.3) is 5.76 Å². The fourth-order valence-corrected chi connectivity index (χ4v) is 4.14. The molecule has 1 aliphatic rings. The number of aromatic hydroxyl groups is 1. The van der Waals surface area contributed by atoms with Crippen molar-refractivity contribution in [1.82, 2.24) is 9.80 Å². The topological polar surface area (TPSA) is 90.3 Å². The minimum Gasteiger partial charge on any atom is -0.507 e. The van der Waals surface area contributed by atoms with Gasteiger partial charge in [0, 0.05) is 6.54 Å². The molecule has 1 fully saturated rings. The second-order valence-corrected chi connectivity index (χ2v) is 9.02. The number of phenolic OH excluding ortho intramolecular Hbond substituents is 1. The average molecular weight is 467 g/mol. The lowest BCUT2D eigenvalue weighted by molar-refractivity contribution is -0.139. The van der Waals surface area contributed by atoms with Crippen LogP contribution in [-0.2, 0) is 9.59 Å². The van der Waals surface area contributed by atoms with Crippen molar-refractivity contribution >= 4 is 17.4 Å². The molecular weight excluding hydrogens is 432 g/mol. The highest BCUT2D eigenvalue weighted by Crippen LogP contribution is 2.42. The summed E-state index contributed by atoms with van der Waals surface area (Å²) < 4.78 is 5.77. The standard InChI is InChI=1S/C27H34N2O5/c1-6-13-34-20-10-7-9-19(16-20)24-23(25(31)21-14-17(2)18(3)15-22(21)30)26(32)27(33)29(24)12-8-11-28(4)5/h7,9-10,14-16,24,30-31H,6,8,11-13H2,1-5H3/t24-/m0/s1. The molecule has 182 valence electrons. The van der Waals surface area contributed by atoms with Crippen LogP contribution >= 0.6 is 0 Å². The summed E-state index contributed by atoms with van der Waals surface area (Å²) in [6, 6.07) is 9.66. The summed E-state index contributed by atoms with van der Waals surface area (Å²) in [7, 11) is 3.89. The smallest absolute Gasteiger partial charge is 0.295 e. The van der Waals surface area contributed by atoms with E-state index in [4.69, 9.17) is 4.74 Å². The number of likely N-dealkylation sites (tertiary alicyclic amines) is 1. The Hall–Kier alpha value is -3.32. The quantitative estimate of drug-likeness (QED) is 0.328. The van der Waals surface area contributed by atoms with Gasteiger partial charge in [0.2, 0.25) is 0 Å². The van der Waals surface area contributed by atoms with Crippen LogP contribution < -0.4 is 4.74 Å². The molecule has 0 bridgehead atoms. The van der Waals surface area contributed by atoms with Crippen molar-refractivity contribution < 1.29 is 24.5 Å². The van der Waals surface area contributed by atoms with Gasteiger partial charge in [-0.3, -0.25) is 9.59 Å². The molecule has 0 unspecified atom stereocenters. The maximum atomic E-state index is 13.2. The van der Waals surface area contributed by atoms with Crippen LogP contribution in [0.4, 0.5) is 0 Å². The highest BCUT2D eigenvalue weighted by atomic mass is 16.5. The summed E-state index contributed by atoms with van der Waals surface area (Å²) in [6.07, 6.45) is 1.51. The average Bonchev–Trinajstić information content (AvgIpc) is 3.04. The first-order valence-corrected chi connectivity index (χ1v) is 11.6. The molecule has 0 radical (unpaired) electrons. The van der Waals surface area contributed by atoms with E-state index in [0.29, 0.717) is 30.9 Å². The van der Waals surface area contributed by atoms with E-state index in [1.54, 1.807) is 18.2 Å². The van der Waals surface area contributed by atoms with E-state index in [9.17, 15) is 19.8 Å². The summed E-state index contributed by atoms with van der Waals surface area (Å²) in [5.41, 5.74) is 2.49. The number of phenols is 1. The molecule has 2 N–H and O–H groups in total. The lowest BCUT2D eigenvalue weighted by Crippen LogP contribution is -2.32. The number of amides is 1. The van der Waals surface area contributed by atoms with Gasteiger partial charge < -0.3 is 24.7 Å². The number of carbonyl (C=O) groups excluding carboxylic acids is 2. The molecule has 0 spiro atoms. The fourth-order valence-electron chi connectivity index (χ4n) is 4.14. The van der Waals surface area contributed by atoms with Gasteiger partial charge in [0.05, 0.1) is 23.8 Å². The lowest BCUT2D eigenvalue weighted by atomic mass is 9.93. The molecule has 2 aromatic rings. The number of nitrogens with zero attached hydrogens (tertiary/aromatic N) is 2. The summed E-state index contributed by atoms with van der Waals surface area (Å²) in [5, 5.41) is 21.8. The molecule has 3 rings (SSSR count). The van der Waals surface area contributed by atoms with Gasteiger partial charge in [-0.25, -0.2) is 0 Å². The predicted molar refractivity (Wildman–Crippen MR) is 132 cm³/mol. The number of hydrogen-bond acceptors (Lipinski definition) is 6. The van der Waals surface area contributed by atoms with Gasteiger partial charge in [-0.1, -0.05) is 19.1 Å². The molecular formula is C27H34N2O5. The third-order valence-electron chi connectivity index (χ3n) is 6.06. The number of hydrogen-bond donors (Lipinski definition) is 2. The van der Waals surface area contributed by atoms with E-state index >= 15 is 0 Å². The number of benzene rings is 2. The van der Waals surface area contributed by atoms with Crippen molar-refractivity contribution in [3.05, 3.63) is 64.2 Å². The predicted octanol–water partition coefficient (Wildman–Crippen LogP) is 4.17. The van der Waals surface area contributed by atoms with Gasteiger partial charge in [0.15, 0.2) is 0 Å². The Morgan fingerprint density at radius 1 is 1.12 bits per heavy atom. The highest BCUT2D eigenvalue weighted by Gasteiger charge is 2.46. The molecule has 0 aliphatic carbocycles. The molecule has 1 saturated heterocycles. The molecule has 0 aromatic heterocycles. The van der Waals surface area contributed by atoms with Crippen molar-refractivity contribution in [3.63, 3.8) is 0 Å². The monoisotopic (exact) mass is 466 g/mol. The molecule has 1 aliphatic heterocycles. The summed E-state index contributed by atoms with van der Waals surface area (Å²) in [6.45, 7) is 7.36. The molecule has 7 heteroatoms. The first kappa shape index (κ1) is 25.3. The van der Waals surface area contributed by atoms with Crippen LogP contribution in [0.5, 0.6) is 11.5 Å². The zero-order chi connectivity index (χ0) is 25.0. The van der Waals surface area contributed by atoms with Crippen molar-refractivity contribution in [1.29, 1.82) is 0 Å². The number of aryl methyl sites for hydroxylation is 2. The molecule has 1 amide bonds. The van der Waals surface area contributed by atoms with Gasteiger partial charge in [-0.15, -0.1) is 0 Å². The van der Waals surface area contributed by atoms with E-state index in [1.807, 2.05) is 58.0 Å². The fraction of sp³-hybridized carbons (Fsp3) is 0.407. The third kappa shape index (κ3) is 5.25.